The van der Waals surface area contributed by atoms with E-state index in [1.807, 2.05) is 29.6 Å². The first-order valence-electron chi connectivity index (χ1n) is 8.59. The molecule has 0 saturated heterocycles. The minimum atomic E-state index is -0.965. The summed E-state index contributed by atoms with van der Waals surface area (Å²) in [7, 11) is 0. The molecule has 1 heterocycles. The molecule has 138 valence electrons. The topological polar surface area (TPSA) is 111 Å². The standard InChI is InChI=1S/C18H21N3O4S/c19-17(24)21-14(22)11-25-16(23)18(8-4-1-5-9-18)10-15-20-12-6-2-3-7-13(12)26-15/h2-3,6-7H,1,4-5,8-11H2,(H3,19,21,22,24). The predicted octanol–water partition coefficient (Wildman–Crippen LogP) is 2.53. The number of nitrogens with one attached hydrogen (secondary N) is 1. The normalized spacial score (nSPS) is 16.2. The van der Waals surface area contributed by atoms with Crippen molar-refractivity contribution in [3.63, 3.8) is 0 Å². The van der Waals surface area contributed by atoms with Crippen molar-refractivity contribution in [3.8, 4) is 0 Å². The van der Waals surface area contributed by atoms with Crippen LogP contribution in [0.5, 0.6) is 0 Å². The molecule has 0 aliphatic heterocycles. The fourth-order valence-electron chi connectivity index (χ4n) is 3.42. The highest BCUT2D eigenvalue weighted by atomic mass is 32.1. The molecule has 1 saturated carbocycles. The minimum Gasteiger partial charge on any atom is -0.455 e. The Bertz CT molecular complexity index is 794. The van der Waals surface area contributed by atoms with Crippen LogP contribution in [0.1, 0.15) is 37.1 Å². The predicted molar refractivity (Wildman–Crippen MR) is 97.5 cm³/mol. The van der Waals surface area contributed by atoms with E-state index in [1.165, 1.54) is 0 Å². The number of urea groups is 1. The quantitative estimate of drug-likeness (QED) is 0.780. The Kier molecular flexibility index (Phi) is 5.51. The van der Waals surface area contributed by atoms with Crippen LogP contribution in [0, 0.1) is 5.41 Å². The summed E-state index contributed by atoms with van der Waals surface area (Å²) in [5.41, 5.74) is 5.15. The fourth-order valence-corrected chi connectivity index (χ4v) is 4.54. The van der Waals surface area contributed by atoms with Gasteiger partial charge in [-0.1, -0.05) is 31.4 Å². The van der Waals surface area contributed by atoms with Gasteiger partial charge in [0.25, 0.3) is 5.91 Å². The Labute approximate surface area is 154 Å². The first-order valence-corrected chi connectivity index (χ1v) is 9.41. The Morgan fingerprint density at radius 2 is 1.92 bits per heavy atom. The maximum atomic E-state index is 12.8. The summed E-state index contributed by atoms with van der Waals surface area (Å²) in [4.78, 5) is 39.6. The average Bonchev–Trinajstić information content (AvgIpc) is 3.01. The van der Waals surface area contributed by atoms with Gasteiger partial charge in [-0.05, 0) is 25.0 Å². The minimum absolute atomic E-state index is 0.406. The van der Waals surface area contributed by atoms with E-state index in [2.05, 4.69) is 4.98 Å². The highest BCUT2D eigenvalue weighted by molar-refractivity contribution is 7.18. The van der Waals surface area contributed by atoms with Gasteiger partial charge in [0.05, 0.1) is 20.6 Å². The number of carbonyl (C=O) groups is 3. The summed E-state index contributed by atoms with van der Waals surface area (Å²) in [6.07, 6.45) is 4.87. The molecule has 1 aliphatic rings. The number of carbonyl (C=O) groups excluding carboxylic acids is 3. The van der Waals surface area contributed by atoms with Crippen LogP contribution in [0.3, 0.4) is 0 Å². The van der Waals surface area contributed by atoms with E-state index in [0.717, 1.165) is 34.5 Å². The molecule has 3 N–H and O–H groups in total. The van der Waals surface area contributed by atoms with Gasteiger partial charge in [-0.2, -0.15) is 0 Å². The molecule has 2 aromatic rings. The van der Waals surface area contributed by atoms with Gasteiger partial charge in [-0.3, -0.25) is 14.9 Å². The van der Waals surface area contributed by atoms with Crippen molar-refractivity contribution in [2.75, 3.05) is 6.61 Å². The second kappa shape index (κ2) is 7.82. The molecule has 3 rings (SSSR count). The molecule has 8 heteroatoms. The average molecular weight is 375 g/mol. The molecular formula is C18H21N3O4S. The zero-order valence-electron chi connectivity index (χ0n) is 14.3. The van der Waals surface area contributed by atoms with Crippen molar-refractivity contribution in [1.82, 2.24) is 10.3 Å². The summed E-state index contributed by atoms with van der Waals surface area (Å²) in [6.45, 7) is -0.511. The Morgan fingerprint density at radius 1 is 1.19 bits per heavy atom. The number of nitrogens with two attached hydrogens (primary N) is 1. The van der Waals surface area contributed by atoms with E-state index in [9.17, 15) is 14.4 Å². The fraction of sp³-hybridized carbons (Fsp3) is 0.444. The number of hydrogen-bond acceptors (Lipinski definition) is 6. The van der Waals surface area contributed by atoms with Crippen molar-refractivity contribution >= 4 is 39.5 Å². The van der Waals surface area contributed by atoms with Gasteiger partial charge in [-0.25, -0.2) is 9.78 Å². The smallest absolute Gasteiger partial charge is 0.318 e. The van der Waals surface area contributed by atoms with E-state index in [0.29, 0.717) is 19.3 Å². The molecule has 3 amide bonds. The summed E-state index contributed by atoms with van der Waals surface area (Å²) in [6, 6.07) is 6.90. The van der Waals surface area contributed by atoms with Crippen LogP contribution in [-0.4, -0.2) is 29.5 Å². The van der Waals surface area contributed by atoms with Gasteiger partial charge in [0.1, 0.15) is 0 Å². The lowest BCUT2D eigenvalue weighted by Crippen LogP contribution is -2.41. The molecule has 26 heavy (non-hydrogen) atoms. The number of imide groups is 1. The number of rotatable bonds is 5. The van der Waals surface area contributed by atoms with E-state index in [1.54, 1.807) is 11.3 Å². The second-order valence-corrected chi connectivity index (χ2v) is 7.70. The maximum absolute atomic E-state index is 12.8. The Balaban J connectivity index is 1.74. The van der Waals surface area contributed by atoms with Crippen molar-refractivity contribution in [3.05, 3.63) is 29.3 Å². The van der Waals surface area contributed by atoms with E-state index < -0.39 is 29.9 Å². The second-order valence-electron chi connectivity index (χ2n) is 6.58. The SMILES string of the molecule is NC(=O)NC(=O)COC(=O)C1(Cc2nc3ccccc3s2)CCCCC1. The highest BCUT2D eigenvalue weighted by Crippen LogP contribution is 2.41. The zero-order valence-corrected chi connectivity index (χ0v) is 15.1. The number of nitrogens with zero attached hydrogens (tertiary/aromatic N) is 1. The van der Waals surface area contributed by atoms with Crippen LogP contribution in [0.25, 0.3) is 10.2 Å². The monoisotopic (exact) mass is 375 g/mol. The lowest BCUT2D eigenvalue weighted by Gasteiger charge is -2.34. The van der Waals surface area contributed by atoms with Gasteiger partial charge in [0.15, 0.2) is 6.61 Å². The summed E-state index contributed by atoms with van der Waals surface area (Å²) in [5, 5.41) is 2.79. The van der Waals surface area contributed by atoms with Gasteiger partial charge < -0.3 is 10.5 Å². The molecule has 1 fully saturated rings. The molecule has 0 atom stereocenters. The Hall–Kier alpha value is -2.48. The number of para-hydroxylation sites is 1. The van der Waals surface area contributed by atoms with Crippen molar-refractivity contribution in [2.24, 2.45) is 11.1 Å². The van der Waals surface area contributed by atoms with Crippen molar-refractivity contribution in [2.45, 2.75) is 38.5 Å². The molecular weight excluding hydrogens is 354 g/mol. The number of amides is 3. The maximum Gasteiger partial charge on any atom is 0.318 e. The number of esters is 1. The van der Waals surface area contributed by atoms with Crippen LogP contribution in [-0.2, 0) is 20.7 Å². The molecule has 1 aromatic carbocycles. The number of ether oxygens (including phenoxy) is 1. The number of hydrogen-bond donors (Lipinski definition) is 2. The number of fused-ring (bicyclic) bond motifs is 1. The summed E-state index contributed by atoms with van der Waals surface area (Å²) < 4.78 is 6.30. The third-order valence-corrected chi connectivity index (χ3v) is 5.70. The van der Waals surface area contributed by atoms with Crippen LogP contribution in [0.2, 0.25) is 0 Å². The molecule has 0 radical (unpaired) electrons. The van der Waals surface area contributed by atoms with Crippen LogP contribution in [0.15, 0.2) is 24.3 Å². The third-order valence-electron chi connectivity index (χ3n) is 4.67. The van der Waals surface area contributed by atoms with Crippen molar-refractivity contribution < 1.29 is 19.1 Å². The number of thiazole rings is 1. The van der Waals surface area contributed by atoms with E-state index >= 15 is 0 Å². The molecule has 0 bridgehead atoms. The van der Waals surface area contributed by atoms with E-state index in [-0.39, 0.29) is 0 Å². The number of benzene rings is 1. The van der Waals surface area contributed by atoms with Gasteiger partial charge in [0.2, 0.25) is 0 Å². The Morgan fingerprint density at radius 3 is 2.62 bits per heavy atom. The lowest BCUT2D eigenvalue weighted by molar-refractivity contribution is -0.161. The third kappa shape index (κ3) is 4.19. The van der Waals surface area contributed by atoms with Crippen LogP contribution in [0.4, 0.5) is 4.79 Å². The van der Waals surface area contributed by atoms with Gasteiger partial charge in [-0.15, -0.1) is 11.3 Å². The highest BCUT2D eigenvalue weighted by Gasteiger charge is 2.42. The van der Waals surface area contributed by atoms with Crippen LogP contribution >= 0.6 is 11.3 Å². The van der Waals surface area contributed by atoms with Gasteiger partial charge >= 0.3 is 12.0 Å². The molecule has 1 aromatic heterocycles. The first-order chi connectivity index (χ1) is 12.5. The van der Waals surface area contributed by atoms with E-state index in [4.69, 9.17) is 10.5 Å². The molecule has 7 nitrogen and oxygen atoms in total. The first kappa shape index (κ1) is 18.3. The number of primary amides is 1. The summed E-state index contributed by atoms with van der Waals surface area (Å²) >= 11 is 1.58. The van der Waals surface area contributed by atoms with Crippen LogP contribution < -0.4 is 11.1 Å². The molecule has 0 unspecified atom stereocenters. The zero-order chi connectivity index (χ0) is 18.6. The number of aromatic nitrogens is 1. The van der Waals surface area contributed by atoms with Gasteiger partial charge in [0, 0.05) is 6.42 Å². The lowest BCUT2D eigenvalue weighted by atomic mass is 9.72. The molecule has 0 spiro atoms. The van der Waals surface area contributed by atoms with Crippen molar-refractivity contribution in [1.29, 1.82) is 0 Å². The summed E-state index contributed by atoms with van der Waals surface area (Å²) in [5.74, 6) is -1.13. The largest absolute Gasteiger partial charge is 0.455 e. The molecule has 1 aliphatic carbocycles.